The van der Waals surface area contributed by atoms with E-state index in [9.17, 15) is 0 Å². The highest BCUT2D eigenvalue weighted by Crippen LogP contribution is 2.30. The highest BCUT2D eigenvalue weighted by atomic mass is 35.5. The summed E-state index contributed by atoms with van der Waals surface area (Å²) in [5, 5.41) is 12.3. The molecule has 13 heavy (non-hydrogen) atoms. The van der Waals surface area contributed by atoms with Crippen LogP contribution < -0.4 is 4.74 Å². The molecular weight excluding hydrogens is 192 g/mol. The van der Waals surface area contributed by atoms with Crippen LogP contribution in [0.2, 0.25) is 5.02 Å². The summed E-state index contributed by atoms with van der Waals surface area (Å²) in [5.41, 5.74) is 1.05. The predicted molar refractivity (Wildman–Crippen MR) is 47.7 cm³/mol. The number of ether oxygens (including phenoxy) is 1. The normalized spacial score (nSPS) is 18.1. The molecule has 1 aromatic rings. The van der Waals surface area contributed by atoms with Crippen LogP contribution in [0.15, 0.2) is 17.4 Å². The second-order valence-electron chi connectivity index (χ2n) is 2.62. The van der Waals surface area contributed by atoms with E-state index in [0.29, 0.717) is 35.2 Å². The molecule has 0 bridgehead atoms. The van der Waals surface area contributed by atoms with E-state index in [-0.39, 0.29) is 0 Å². The second-order valence-corrected chi connectivity index (χ2v) is 3.02. The van der Waals surface area contributed by atoms with Crippen LogP contribution in [-0.2, 0) is 0 Å². The molecule has 5 heteroatoms. The monoisotopic (exact) mass is 198 g/mol. The van der Waals surface area contributed by atoms with Crippen molar-refractivity contribution in [3.05, 3.63) is 23.0 Å². The van der Waals surface area contributed by atoms with Crippen LogP contribution in [0.25, 0.3) is 0 Å². The fourth-order valence-electron chi connectivity index (χ4n) is 1.23. The summed E-state index contributed by atoms with van der Waals surface area (Å²) in [7, 11) is 0. The third-order valence-corrected chi connectivity index (χ3v) is 2.13. The van der Waals surface area contributed by atoms with Gasteiger partial charge in [0, 0.05) is 12.6 Å². The summed E-state index contributed by atoms with van der Waals surface area (Å²) < 4.78 is 5.30. The van der Waals surface area contributed by atoms with Gasteiger partial charge in [0.2, 0.25) is 0 Å². The van der Waals surface area contributed by atoms with E-state index in [4.69, 9.17) is 21.5 Å². The fraction of sp³-hybridized carbons (Fsp3) is 0.250. The van der Waals surface area contributed by atoms with Gasteiger partial charge in [-0.3, -0.25) is 4.98 Å². The van der Waals surface area contributed by atoms with E-state index in [1.54, 1.807) is 12.3 Å². The van der Waals surface area contributed by atoms with Crippen molar-refractivity contribution in [2.24, 2.45) is 5.16 Å². The van der Waals surface area contributed by atoms with Gasteiger partial charge in [-0.25, -0.2) is 0 Å². The van der Waals surface area contributed by atoms with Crippen LogP contribution in [0.1, 0.15) is 12.1 Å². The maximum atomic E-state index is 8.68. The Labute approximate surface area is 79.8 Å². The van der Waals surface area contributed by atoms with Crippen molar-refractivity contribution >= 4 is 17.3 Å². The number of nitrogens with zero attached hydrogens (tertiary/aromatic N) is 2. The van der Waals surface area contributed by atoms with Gasteiger partial charge in [0.1, 0.15) is 11.4 Å². The fourth-order valence-corrected chi connectivity index (χ4v) is 1.43. The van der Waals surface area contributed by atoms with Gasteiger partial charge in [0.25, 0.3) is 0 Å². The van der Waals surface area contributed by atoms with Crippen molar-refractivity contribution in [2.75, 3.05) is 6.61 Å². The number of halogens is 1. The van der Waals surface area contributed by atoms with Crippen molar-refractivity contribution in [2.45, 2.75) is 6.42 Å². The lowest BCUT2D eigenvalue weighted by Crippen LogP contribution is -2.18. The van der Waals surface area contributed by atoms with Crippen molar-refractivity contribution < 1.29 is 9.94 Å². The summed E-state index contributed by atoms with van der Waals surface area (Å²) in [6.45, 7) is 0.470. The average molecular weight is 199 g/mol. The van der Waals surface area contributed by atoms with Gasteiger partial charge in [0.15, 0.2) is 5.75 Å². The Morgan fingerprint density at radius 2 is 2.46 bits per heavy atom. The highest BCUT2D eigenvalue weighted by Gasteiger charge is 2.20. The van der Waals surface area contributed by atoms with Gasteiger partial charge in [-0.15, -0.1) is 0 Å². The number of hydrogen-bond acceptors (Lipinski definition) is 4. The molecule has 0 atom stereocenters. The van der Waals surface area contributed by atoms with Crippen LogP contribution in [0.3, 0.4) is 0 Å². The minimum Gasteiger partial charge on any atom is -0.489 e. The molecule has 68 valence electrons. The first-order valence-corrected chi connectivity index (χ1v) is 4.19. The molecule has 2 heterocycles. The zero-order chi connectivity index (χ0) is 9.26. The molecule has 1 aliphatic rings. The van der Waals surface area contributed by atoms with Crippen LogP contribution >= 0.6 is 11.6 Å². The standard InChI is InChI=1S/C8H7ClN2O2/c9-5-1-3-10-7-6(11-12)2-4-13-8(5)7/h1,3,12H,2,4H2/b11-6-. The Balaban J connectivity index is 2.58. The third-order valence-electron chi connectivity index (χ3n) is 1.84. The van der Waals surface area contributed by atoms with Gasteiger partial charge in [0.05, 0.1) is 11.6 Å². The molecule has 0 spiro atoms. The van der Waals surface area contributed by atoms with Crippen molar-refractivity contribution in [3.63, 3.8) is 0 Å². The molecule has 1 N–H and O–H groups in total. The number of oxime groups is 1. The van der Waals surface area contributed by atoms with E-state index in [0.717, 1.165) is 0 Å². The largest absolute Gasteiger partial charge is 0.489 e. The Morgan fingerprint density at radius 1 is 1.62 bits per heavy atom. The minimum absolute atomic E-state index is 0.470. The second kappa shape index (κ2) is 3.22. The van der Waals surface area contributed by atoms with Crippen LogP contribution in [0, 0.1) is 0 Å². The molecule has 0 amide bonds. The SMILES string of the molecule is O/N=C1/CCOc2c(Cl)ccnc21. The summed E-state index contributed by atoms with van der Waals surface area (Å²) in [5.74, 6) is 0.503. The van der Waals surface area contributed by atoms with Gasteiger partial charge >= 0.3 is 0 Å². The van der Waals surface area contributed by atoms with E-state index in [1.807, 2.05) is 0 Å². The zero-order valence-electron chi connectivity index (χ0n) is 6.70. The quantitative estimate of drug-likeness (QED) is 0.510. The minimum atomic E-state index is 0.470. The molecule has 0 saturated heterocycles. The summed E-state index contributed by atoms with van der Waals surface area (Å²) in [6.07, 6.45) is 2.11. The van der Waals surface area contributed by atoms with Crippen molar-refractivity contribution in [1.29, 1.82) is 0 Å². The van der Waals surface area contributed by atoms with Gasteiger partial charge in [-0.05, 0) is 6.07 Å². The molecule has 0 aliphatic carbocycles. The Hall–Kier alpha value is -1.29. The maximum Gasteiger partial charge on any atom is 0.165 e. The molecule has 0 fully saturated rings. The first kappa shape index (κ1) is 8.31. The lowest BCUT2D eigenvalue weighted by atomic mass is 10.1. The van der Waals surface area contributed by atoms with Gasteiger partial charge in [-0.2, -0.15) is 0 Å². The molecule has 1 aliphatic heterocycles. The van der Waals surface area contributed by atoms with E-state index < -0.39 is 0 Å². The zero-order valence-corrected chi connectivity index (χ0v) is 7.45. The first-order chi connectivity index (χ1) is 6.33. The van der Waals surface area contributed by atoms with Crippen LogP contribution in [-0.4, -0.2) is 22.5 Å². The maximum absolute atomic E-state index is 8.68. The molecule has 0 aromatic carbocycles. The summed E-state index contributed by atoms with van der Waals surface area (Å²) >= 11 is 5.86. The Kier molecular flexibility index (Phi) is 2.06. The number of pyridine rings is 1. The van der Waals surface area contributed by atoms with Gasteiger partial charge in [-0.1, -0.05) is 16.8 Å². The average Bonchev–Trinajstić information content (AvgIpc) is 2.18. The lowest BCUT2D eigenvalue weighted by molar-refractivity contribution is 0.296. The number of fused-ring (bicyclic) bond motifs is 1. The summed E-state index contributed by atoms with van der Waals surface area (Å²) in [6, 6.07) is 1.64. The van der Waals surface area contributed by atoms with Crippen molar-refractivity contribution in [1.82, 2.24) is 4.98 Å². The molecule has 0 radical (unpaired) electrons. The number of hydrogen-bond donors (Lipinski definition) is 1. The number of aromatic nitrogens is 1. The summed E-state index contributed by atoms with van der Waals surface area (Å²) in [4.78, 5) is 4.03. The van der Waals surface area contributed by atoms with Gasteiger partial charge < -0.3 is 9.94 Å². The Morgan fingerprint density at radius 3 is 3.23 bits per heavy atom. The Bertz CT molecular complexity index is 365. The molecule has 4 nitrogen and oxygen atoms in total. The van der Waals surface area contributed by atoms with E-state index in [2.05, 4.69) is 10.1 Å². The smallest absolute Gasteiger partial charge is 0.165 e. The van der Waals surface area contributed by atoms with E-state index in [1.165, 1.54) is 0 Å². The molecule has 0 unspecified atom stereocenters. The third kappa shape index (κ3) is 1.33. The molecule has 0 saturated carbocycles. The lowest BCUT2D eigenvalue weighted by Gasteiger charge is -2.17. The molecule has 1 aromatic heterocycles. The highest BCUT2D eigenvalue weighted by molar-refractivity contribution is 6.32. The molecular formula is C8H7ClN2O2. The van der Waals surface area contributed by atoms with E-state index >= 15 is 0 Å². The predicted octanol–water partition coefficient (Wildman–Crippen LogP) is 1.70. The number of rotatable bonds is 0. The van der Waals surface area contributed by atoms with Crippen molar-refractivity contribution in [3.8, 4) is 5.75 Å². The first-order valence-electron chi connectivity index (χ1n) is 3.81. The van der Waals surface area contributed by atoms with Crippen LogP contribution in [0.4, 0.5) is 0 Å². The topological polar surface area (TPSA) is 54.7 Å². The van der Waals surface area contributed by atoms with Crippen LogP contribution in [0.5, 0.6) is 5.75 Å². The molecule has 2 rings (SSSR count).